The normalized spacial score (nSPS) is 11.5. The van der Waals surface area contributed by atoms with Crippen molar-refractivity contribution in [1.29, 1.82) is 0 Å². The molecule has 4 aromatic rings. The van der Waals surface area contributed by atoms with E-state index in [1.54, 1.807) is 60.7 Å². The van der Waals surface area contributed by atoms with Crippen molar-refractivity contribution in [3.05, 3.63) is 130 Å². The van der Waals surface area contributed by atoms with Gasteiger partial charge in [0.2, 0.25) is 0 Å². The van der Waals surface area contributed by atoms with Crippen molar-refractivity contribution in [3.63, 3.8) is 0 Å². The molecule has 0 aliphatic heterocycles. The predicted molar refractivity (Wildman–Crippen MR) is 151 cm³/mol. The lowest BCUT2D eigenvalue weighted by Crippen LogP contribution is -2.11. The van der Waals surface area contributed by atoms with Gasteiger partial charge in [-0.05, 0) is 71.8 Å². The van der Waals surface area contributed by atoms with Gasteiger partial charge in [-0.2, -0.15) is 0 Å². The minimum absolute atomic E-state index is 0.0792. The molecule has 0 aliphatic rings. The van der Waals surface area contributed by atoms with E-state index in [0.717, 1.165) is 11.1 Å². The Morgan fingerprint density at radius 3 is 1.24 bits per heavy atom. The van der Waals surface area contributed by atoms with Gasteiger partial charge in [0.1, 0.15) is 21.6 Å². The number of ether oxygens (including phenoxy) is 1. The van der Waals surface area contributed by atoms with Crippen LogP contribution in [0.5, 0.6) is 11.5 Å². The van der Waals surface area contributed by atoms with Crippen LogP contribution in [0.15, 0.2) is 119 Å². The highest BCUT2D eigenvalue weighted by molar-refractivity contribution is 6.46. The highest BCUT2D eigenvalue weighted by Gasteiger charge is 2.09. The fourth-order valence-electron chi connectivity index (χ4n) is 3.25. The highest BCUT2D eigenvalue weighted by atomic mass is 35.5. The Bertz CT molecular complexity index is 1310. The maximum Gasteiger partial charge on any atom is 0.267 e. The van der Waals surface area contributed by atoms with Crippen molar-refractivity contribution in [2.24, 2.45) is 0 Å². The van der Waals surface area contributed by atoms with Gasteiger partial charge in [-0.25, -0.2) is 0 Å². The second-order valence-corrected chi connectivity index (χ2v) is 8.68. The number of anilines is 2. The molecule has 4 aromatic carbocycles. The van der Waals surface area contributed by atoms with Crippen LogP contribution in [-0.2, 0) is 9.59 Å². The average molecular weight is 529 g/mol. The highest BCUT2D eigenvalue weighted by Crippen LogP contribution is 2.25. The smallest absolute Gasteiger partial charge is 0.267 e. The molecule has 0 saturated heterocycles. The van der Waals surface area contributed by atoms with Crippen LogP contribution in [-0.4, -0.2) is 11.8 Å². The summed E-state index contributed by atoms with van der Waals surface area (Å²) in [5, 5.41) is 5.66. The van der Waals surface area contributed by atoms with E-state index in [9.17, 15) is 9.59 Å². The molecule has 0 unspecified atom stereocenters. The molecule has 0 heterocycles. The molecule has 0 aromatic heterocycles. The summed E-state index contributed by atoms with van der Waals surface area (Å²) in [6, 6.07) is 32.5. The van der Waals surface area contributed by atoms with Crippen LogP contribution in [0.2, 0.25) is 0 Å². The number of halogens is 2. The molecule has 0 aliphatic carbocycles. The van der Waals surface area contributed by atoms with E-state index in [1.165, 1.54) is 0 Å². The van der Waals surface area contributed by atoms with Gasteiger partial charge in [-0.1, -0.05) is 83.9 Å². The van der Waals surface area contributed by atoms with Crippen LogP contribution in [0.4, 0.5) is 11.4 Å². The van der Waals surface area contributed by atoms with E-state index >= 15 is 0 Å². The van der Waals surface area contributed by atoms with Crippen LogP contribution in [0.25, 0.3) is 12.2 Å². The summed E-state index contributed by atoms with van der Waals surface area (Å²) in [6.45, 7) is 0. The molecule has 0 fully saturated rings. The van der Waals surface area contributed by atoms with E-state index in [-0.39, 0.29) is 10.1 Å². The minimum atomic E-state index is -0.407. The SMILES string of the molecule is O=C(Nc1ccc(Oc2ccc(NC(=O)/C(Cl)=C/c3ccccc3)cc2)cc1)/C(Cl)=C/c1ccccc1. The maximum absolute atomic E-state index is 12.4. The molecule has 0 bridgehead atoms. The summed E-state index contributed by atoms with van der Waals surface area (Å²) in [4.78, 5) is 24.7. The van der Waals surface area contributed by atoms with Gasteiger partial charge in [0.25, 0.3) is 11.8 Å². The fourth-order valence-corrected chi connectivity index (χ4v) is 3.60. The molecule has 0 saturated carbocycles. The summed E-state index contributed by atoms with van der Waals surface area (Å²) < 4.78 is 5.85. The van der Waals surface area contributed by atoms with Gasteiger partial charge >= 0.3 is 0 Å². The van der Waals surface area contributed by atoms with Gasteiger partial charge in [0.15, 0.2) is 0 Å². The van der Waals surface area contributed by atoms with Crippen molar-refractivity contribution >= 4 is 58.5 Å². The summed E-state index contributed by atoms with van der Waals surface area (Å²) in [5.74, 6) is 0.343. The van der Waals surface area contributed by atoms with Crippen LogP contribution in [0.1, 0.15) is 11.1 Å². The van der Waals surface area contributed by atoms with E-state index in [1.807, 2.05) is 60.7 Å². The first kappa shape index (κ1) is 25.8. The minimum Gasteiger partial charge on any atom is -0.457 e. The summed E-state index contributed by atoms with van der Waals surface area (Å²) in [6.07, 6.45) is 3.21. The summed E-state index contributed by atoms with van der Waals surface area (Å²) >= 11 is 12.3. The number of hydrogen-bond acceptors (Lipinski definition) is 3. The summed E-state index contributed by atoms with van der Waals surface area (Å²) in [7, 11) is 0. The van der Waals surface area contributed by atoms with Crippen LogP contribution in [0.3, 0.4) is 0 Å². The van der Waals surface area contributed by atoms with Gasteiger partial charge in [0, 0.05) is 11.4 Å². The molecular formula is C30H22Cl2N2O3. The zero-order chi connectivity index (χ0) is 26.0. The largest absolute Gasteiger partial charge is 0.457 e. The molecule has 4 rings (SSSR count). The van der Waals surface area contributed by atoms with E-state index in [4.69, 9.17) is 27.9 Å². The van der Waals surface area contributed by atoms with E-state index in [2.05, 4.69) is 10.6 Å². The van der Waals surface area contributed by atoms with Crippen LogP contribution < -0.4 is 15.4 Å². The van der Waals surface area contributed by atoms with Crippen molar-refractivity contribution in [1.82, 2.24) is 0 Å². The van der Waals surface area contributed by atoms with Crippen LogP contribution in [0, 0.1) is 0 Å². The molecule has 184 valence electrons. The lowest BCUT2D eigenvalue weighted by Gasteiger charge is -2.09. The molecular weight excluding hydrogens is 507 g/mol. The predicted octanol–water partition coefficient (Wildman–Crippen LogP) is 7.92. The Hall–Kier alpha value is -4.32. The number of rotatable bonds is 8. The molecule has 5 nitrogen and oxygen atoms in total. The topological polar surface area (TPSA) is 67.4 Å². The number of nitrogens with one attached hydrogen (secondary N) is 2. The third kappa shape index (κ3) is 7.84. The first-order valence-electron chi connectivity index (χ1n) is 11.3. The van der Waals surface area contributed by atoms with Crippen molar-refractivity contribution in [2.45, 2.75) is 0 Å². The number of benzene rings is 4. The Labute approximate surface area is 225 Å². The third-order valence-corrected chi connectivity index (χ3v) is 5.64. The lowest BCUT2D eigenvalue weighted by molar-refractivity contribution is -0.113. The molecule has 7 heteroatoms. The standard InChI is InChI=1S/C30H22Cl2N2O3/c31-27(19-21-7-3-1-4-8-21)29(35)33-23-11-15-25(16-12-23)37-26-17-13-24(14-18-26)34-30(36)28(32)20-22-9-5-2-6-10-22/h1-20H,(H,33,35)(H,34,36)/b27-19-,28-20-. The number of carbonyl (C=O) groups excluding carboxylic acids is 2. The molecule has 2 amide bonds. The van der Waals surface area contributed by atoms with Gasteiger partial charge in [-0.15, -0.1) is 0 Å². The molecule has 0 radical (unpaired) electrons. The Morgan fingerprint density at radius 2 is 0.892 bits per heavy atom. The first-order chi connectivity index (χ1) is 18.0. The van der Waals surface area contributed by atoms with E-state index in [0.29, 0.717) is 22.9 Å². The van der Waals surface area contributed by atoms with Crippen molar-refractivity contribution < 1.29 is 14.3 Å². The second kappa shape index (κ2) is 12.6. The van der Waals surface area contributed by atoms with Gasteiger partial charge < -0.3 is 15.4 Å². The molecule has 2 N–H and O–H groups in total. The van der Waals surface area contributed by atoms with E-state index < -0.39 is 11.8 Å². The second-order valence-electron chi connectivity index (χ2n) is 7.86. The zero-order valence-electron chi connectivity index (χ0n) is 19.5. The average Bonchev–Trinajstić information content (AvgIpc) is 2.92. The Morgan fingerprint density at radius 1 is 0.541 bits per heavy atom. The molecule has 0 spiro atoms. The number of hydrogen-bond donors (Lipinski definition) is 2. The van der Waals surface area contributed by atoms with Crippen molar-refractivity contribution in [3.8, 4) is 11.5 Å². The lowest BCUT2D eigenvalue weighted by atomic mass is 10.2. The first-order valence-corrected chi connectivity index (χ1v) is 12.1. The zero-order valence-corrected chi connectivity index (χ0v) is 21.0. The Kier molecular flexibility index (Phi) is 8.76. The monoisotopic (exact) mass is 528 g/mol. The third-order valence-electron chi connectivity index (χ3n) is 5.08. The number of amides is 2. The molecule has 37 heavy (non-hydrogen) atoms. The fraction of sp³-hybridized carbons (Fsp3) is 0. The van der Waals surface area contributed by atoms with Gasteiger partial charge in [-0.3, -0.25) is 9.59 Å². The Balaban J connectivity index is 1.31. The van der Waals surface area contributed by atoms with Crippen LogP contribution >= 0.6 is 23.2 Å². The van der Waals surface area contributed by atoms with Gasteiger partial charge in [0.05, 0.1) is 0 Å². The number of carbonyl (C=O) groups is 2. The molecule has 0 atom stereocenters. The van der Waals surface area contributed by atoms with Crippen molar-refractivity contribution in [2.75, 3.05) is 10.6 Å². The summed E-state index contributed by atoms with van der Waals surface area (Å²) in [5.41, 5.74) is 2.83. The quantitative estimate of drug-likeness (QED) is 0.228. The maximum atomic E-state index is 12.4.